The van der Waals surface area contributed by atoms with Crippen LogP contribution in [0.1, 0.15) is 32.6 Å². The van der Waals surface area contributed by atoms with Gasteiger partial charge in [-0.3, -0.25) is 9.69 Å². The zero-order valence-electron chi connectivity index (χ0n) is 10.9. The summed E-state index contributed by atoms with van der Waals surface area (Å²) in [4.78, 5) is 14.4. The molecule has 1 N–H and O–H groups in total. The van der Waals surface area contributed by atoms with Gasteiger partial charge in [-0.1, -0.05) is 12.2 Å². The lowest BCUT2D eigenvalue weighted by atomic mass is 9.97. The molecular formula is C14H24N2O. The van der Waals surface area contributed by atoms with Crippen molar-refractivity contribution in [3.05, 3.63) is 12.2 Å². The highest BCUT2D eigenvalue weighted by Gasteiger charge is 2.27. The molecule has 1 amide bonds. The van der Waals surface area contributed by atoms with E-state index in [2.05, 4.69) is 23.7 Å². The molecular weight excluding hydrogens is 212 g/mol. The number of carbonyl (C=O) groups excluding carboxylic acids is 1. The number of piperidine rings is 1. The van der Waals surface area contributed by atoms with E-state index in [1.165, 1.54) is 18.4 Å². The summed E-state index contributed by atoms with van der Waals surface area (Å²) in [6.45, 7) is 9.85. The quantitative estimate of drug-likeness (QED) is 0.738. The topological polar surface area (TPSA) is 32.3 Å². The SMILES string of the molecule is C=C(C)CN1CCCC(C(=O)NCC2CC2)C1. The second-order valence-electron chi connectivity index (χ2n) is 5.72. The Labute approximate surface area is 104 Å². The van der Waals surface area contributed by atoms with Crippen LogP contribution in [-0.2, 0) is 4.79 Å². The van der Waals surface area contributed by atoms with Gasteiger partial charge in [0.15, 0.2) is 0 Å². The zero-order chi connectivity index (χ0) is 12.3. The minimum Gasteiger partial charge on any atom is -0.356 e. The van der Waals surface area contributed by atoms with Crippen LogP contribution in [0.2, 0.25) is 0 Å². The van der Waals surface area contributed by atoms with Crippen molar-refractivity contribution >= 4 is 5.91 Å². The Morgan fingerprint density at radius 2 is 2.18 bits per heavy atom. The van der Waals surface area contributed by atoms with Crippen molar-refractivity contribution in [2.45, 2.75) is 32.6 Å². The fraction of sp³-hybridized carbons (Fsp3) is 0.786. The molecule has 2 aliphatic rings. The summed E-state index contributed by atoms with van der Waals surface area (Å²) in [6, 6.07) is 0. The predicted molar refractivity (Wildman–Crippen MR) is 69.7 cm³/mol. The summed E-state index contributed by atoms with van der Waals surface area (Å²) in [5.41, 5.74) is 1.18. The fourth-order valence-electron chi connectivity index (χ4n) is 2.51. The molecule has 2 fully saturated rings. The first-order valence-corrected chi connectivity index (χ1v) is 6.79. The van der Waals surface area contributed by atoms with Gasteiger partial charge in [0.2, 0.25) is 5.91 Å². The number of hydrogen-bond acceptors (Lipinski definition) is 2. The average molecular weight is 236 g/mol. The highest BCUT2D eigenvalue weighted by molar-refractivity contribution is 5.79. The maximum absolute atomic E-state index is 12.0. The van der Waals surface area contributed by atoms with Crippen LogP contribution in [0, 0.1) is 11.8 Å². The number of amides is 1. The second-order valence-corrected chi connectivity index (χ2v) is 5.72. The summed E-state index contributed by atoms with van der Waals surface area (Å²) >= 11 is 0. The molecule has 0 aromatic heterocycles. The molecule has 0 radical (unpaired) electrons. The van der Waals surface area contributed by atoms with Gasteiger partial charge < -0.3 is 5.32 Å². The zero-order valence-corrected chi connectivity index (χ0v) is 10.9. The van der Waals surface area contributed by atoms with Crippen molar-refractivity contribution in [1.29, 1.82) is 0 Å². The van der Waals surface area contributed by atoms with E-state index in [9.17, 15) is 4.79 Å². The number of carbonyl (C=O) groups is 1. The van der Waals surface area contributed by atoms with Crippen molar-refractivity contribution in [1.82, 2.24) is 10.2 Å². The molecule has 1 saturated carbocycles. The van der Waals surface area contributed by atoms with E-state index in [0.717, 1.165) is 44.9 Å². The smallest absolute Gasteiger partial charge is 0.224 e. The lowest BCUT2D eigenvalue weighted by molar-refractivity contribution is -0.126. The summed E-state index contributed by atoms with van der Waals surface area (Å²) in [6.07, 6.45) is 4.78. The van der Waals surface area contributed by atoms with Gasteiger partial charge in [-0.15, -0.1) is 0 Å². The summed E-state index contributed by atoms with van der Waals surface area (Å²) < 4.78 is 0. The van der Waals surface area contributed by atoms with E-state index in [1.807, 2.05) is 0 Å². The van der Waals surface area contributed by atoms with Crippen LogP contribution >= 0.6 is 0 Å². The van der Waals surface area contributed by atoms with Crippen molar-refractivity contribution in [2.24, 2.45) is 11.8 Å². The lowest BCUT2D eigenvalue weighted by Gasteiger charge is -2.32. The van der Waals surface area contributed by atoms with Crippen LogP contribution in [0.5, 0.6) is 0 Å². The molecule has 1 saturated heterocycles. The van der Waals surface area contributed by atoms with Crippen LogP contribution in [0.4, 0.5) is 0 Å². The fourth-order valence-corrected chi connectivity index (χ4v) is 2.51. The molecule has 2 rings (SSSR count). The molecule has 0 aromatic rings. The average Bonchev–Trinajstić information content (AvgIpc) is 3.09. The third kappa shape index (κ3) is 4.15. The normalized spacial score (nSPS) is 25.6. The van der Waals surface area contributed by atoms with E-state index in [-0.39, 0.29) is 11.8 Å². The third-order valence-corrected chi connectivity index (χ3v) is 3.63. The first-order valence-electron chi connectivity index (χ1n) is 6.79. The van der Waals surface area contributed by atoms with Crippen molar-refractivity contribution in [3.8, 4) is 0 Å². The molecule has 0 bridgehead atoms. The van der Waals surface area contributed by atoms with Crippen molar-refractivity contribution in [2.75, 3.05) is 26.2 Å². The standard InChI is InChI=1S/C14H24N2O/c1-11(2)9-16-7-3-4-13(10-16)14(17)15-8-12-5-6-12/h12-13H,1,3-10H2,2H3,(H,15,17). The number of likely N-dealkylation sites (tertiary alicyclic amines) is 1. The maximum Gasteiger partial charge on any atom is 0.224 e. The number of rotatable bonds is 5. The largest absolute Gasteiger partial charge is 0.356 e. The molecule has 17 heavy (non-hydrogen) atoms. The minimum atomic E-state index is 0.196. The van der Waals surface area contributed by atoms with E-state index in [4.69, 9.17) is 0 Å². The maximum atomic E-state index is 12.0. The Morgan fingerprint density at radius 1 is 1.41 bits per heavy atom. The first-order chi connectivity index (χ1) is 8.15. The molecule has 1 heterocycles. The van der Waals surface area contributed by atoms with Crippen LogP contribution < -0.4 is 5.32 Å². The van der Waals surface area contributed by atoms with Crippen molar-refractivity contribution < 1.29 is 4.79 Å². The monoisotopic (exact) mass is 236 g/mol. The molecule has 96 valence electrons. The molecule has 1 aliphatic carbocycles. The van der Waals surface area contributed by atoms with Crippen LogP contribution in [0.25, 0.3) is 0 Å². The third-order valence-electron chi connectivity index (χ3n) is 3.63. The van der Waals surface area contributed by atoms with E-state index < -0.39 is 0 Å². The van der Waals surface area contributed by atoms with Crippen LogP contribution in [0.15, 0.2) is 12.2 Å². The van der Waals surface area contributed by atoms with Crippen LogP contribution in [-0.4, -0.2) is 37.0 Å². The van der Waals surface area contributed by atoms with Gasteiger partial charge in [0.25, 0.3) is 0 Å². The van der Waals surface area contributed by atoms with Gasteiger partial charge in [0, 0.05) is 19.6 Å². The molecule has 1 unspecified atom stereocenters. The Morgan fingerprint density at radius 3 is 2.82 bits per heavy atom. The lowest BCUT2D eigenvalue weighted by Crippen LogP contribution is -2.43. The van der Waals surface area contributed by atoms with Gasteiger partial charge in [-0.2, -0.15) is 0 Å². The highest BCUT2D eigenvalue weighted by atomic mass is 16.1. The summed E-state index contributed by atoms with van der Waals surface area (Å²) in [7, 11) is 0. The molecule has 1 aliphatic heterocycles. The molecule has 3 nitrogen and oxygen atoms in total. The van der Waals surface area contributed by atoms with E-state index in [1.54, 1.807) is 0 Å². The number of hydrogen-bond donors (Lipinski definition) is 1. The molecule has 0 aromatic carbocycles. The van der Waals surface area contributed by atoms with Gasteiger partial charge in [0.05, 0.1) is 5.92 Å². The number of nitrogens with one attached hydrogen (secondary N) is 1. The number of nitrogens with zero attached hydrogens (tertiary/aromatic N) is 1. The predicted octanol–water partition coefficient (Wildman–Crippen LogP) is 1.80. The Hall–Kier alpha value is -0.830. The summed E-state index contributed by atoms with van der Waals surface area (Å²) in [5.74, 6) is 1.24. The van der Waals surface area contributed by atoms with Crippen molar-refractivity contribution in [3.63, 3.8) is 0 Å². The van der Waals surface area contributed by atoms with E-state index in [0.29, 0.717) is 0 Å². The van der Waals surface area contributed by atoms with Gasteiger partial charge in [-0.25, -0.2) is 0 Å². The molecule has 0 spiro atoms. The molecule has 3 heteroatoms. The Kier molecular flexibility index (Phi) is 4.21. The second kappa shape index (κ2) is 5.67. The van der Waals surface area contributed by atoms with E-state index >= 15 is 0 Å². The highest BCUT2D eigenvalue weighted by Crippen LogP contribution is 2.27. The summed E-state index contributed by atoms with van der Waals surface area (Å²) in [5, 5.41) is 3.10. The van der Waals surface area contributed by atoms with Gasteiger partial charge in [0.1, 0.15) is 0 Å². The minimum absolute atomic E-state index is 0.196. The van der Waals surface area contributed by atoms with Gasteiger partial charge >= 0.3 is 0 Å². The van der Waals surface area contributed by atoms with Gasteiger partial charge in [-0.05, 0) is 45.1 Å². The van der Waals surface area contributed by atoms with Crippen LogP contribution in [0.3, 0.4) is 0 Å². The molecule has 1 atom stereocenters. The first kappa shape index (κ1) is 12.6. The Balaban J connectivity index is 1.74. The Bertz CT molecular complexity index is 297.